The summed E-state index contributed by atoms with van der Waals surface area (Å²) in [4.78, 5) is 3.17. The second-order valence-electron chi connectivity index (χ2n) is 5.60. The molecule has 0 fully saturated rings. The molecule has 136 valence electrons. The van der Waals surface area contributed by atoms with Crippen LogP contribution in [0.4, 0.5) is 26.3 Å². The van der Waals surface area contributed by atoms with Gasteiger partial charge in [-0.15, -0.1) is 0 Å². The maximum absolute atomic E-state index is 13.6. The lowest BCUT2D eigenvalue weighted by atomic mass is 10.1. The fraction of sp³-hybridized carbons (Fsp3) is 0.176. The molecule has 3 N–H and O–H groups in total. The molecule has 1 aliphatic heterocycles. The van der Waals surface area contributed by atoms with Crippen molar-refractivity contribution in [1.82, 2.24) is 5.32 Å². The van der Waals surface area contributed by atoms with E-state index in [1.54, 1.807) is 22.1 Å². The third-order valence-corrected chi connectivity index (χ3v) is 3.85. The van der Waals surface area contributed by atoms with Crippen molar-refractivity contribution >= 4 is 11.7 Å². The van der Waals surface area contributed by atoms with E-state index in [0.717, 1.165) is 0 Å². The van der Waals surface area contributed by atoms with Gasteiger partial charge in [0.15, 0.2) is 0 Å². The van der Waals surface area contributed by atoms with Crippen LogP contribution in [0.1, 0.15) is 11.1 Å². The number of nitrogens with one attached hydrogen (secondary N) is 3. The van der Waals surface area contributed by atoms with Crippen LogP contribution in [0.2, 0.25) is 0 Å². The van der Waals surface area contributed by atoms with Gasteiger partial charge in [-0.25, -0.2) is 15.3 Å². The Kier molecular flexibility index (Phi) is 4.25. The third-order valence-electron chi connectivity index (χ3n) is 3.85. The van der Waals surface area contributed by atoms with Crippen LogP contribution in [0.5, 0.6) is 0 Å². The molecular formula is C17H13F6N3+2. The van der Waals surface area contributed by atoms with Crippen molar-refractivity contribution in [2.75, 3.05) is 0 Å². The van der Waals surface area contributed by atoms with Gasteiger partial charge in [0.2, 0.25) is 0 Å². The molecule has 0 atom stereocenters. The fourth-order valence-electron chi connectivity index (χ4n) is 2.54. The first-order valence-corrected chi connectivity index (χ1v) is 7.46. The summed E-state index contributed by atoms with van der Waals surface area (Å²) in [6, 6.07) is 14.9. The summed E-state index contributed by atoms with van der Waals surface area (Å²) in [5.41, 5.74) is -4.03. The largest absolute Gasteiger partial charge is 0.485 e. The van der Waals surface area contributed by atoms with E-state index in [1.165, 1.54) is 48.5 Å². The highest BCUT2D eigenvalue weighted by molar-refractivity contribution is 6.10. The molecule has 2 aromatic rings. The van der Waals surface area contributed by atoms with Crippen molar-refractivity contribution < 1.29 is 36.3 Å². The number of rotatable bonds is 2. The Morgan fingerprint density at radius 3 is 1.27 bits per heavy atom. The van der Waals surface area contributed by atoms with Gasteiger partial charge >= 0.3 is 18.0 Å². The summed E-state index contributed by atoms with van der Waals surface area (Å²) >= 11 is 0. The summed E-state index contributed by atoms with van der Waals surface area (Å²) in [7, 11) is 0. The van der Waals surface area contributed by atoms with E-state index in [-0.39, 0.29) is 11.1 Å². The van der Waals surface area contributed by atoms with E-state index < -0.39 is 29.7 Å². The molecule has 9 heteroatoms. The molecule has 0 unspecified atom stereocenters. The van der Waals surface area contributed by atoms with Gasteiger partial charge in [0.05, 0.1) is 11.1 Å². The zero-order valence-corrected chi connectivity index (χ0v) is 13.0. The number of hydrogen-bond acceptors (Lipinski definition) is 1. The van der Waals surface area contributed by atoms with Crippen LogP contribution < -0.4 is 15.3 Å². The Morgan fingerprint density at radius 2 is 0.962 bits per heavy atom. The number of amidine groups is 2. The minimum absolute atomic E-state index is 0.153. The van der Waals surface area contributed by atoms with Gasteiger partial charge in [0.25, 0.3) is 11.7 Å². The molecule has 0 aromatic heterocycles. The smallest absolute Gasteiger partial charge is 0.216 e. The lowest BCUT2D eigenvalue weighted by Gasteiger charge is -2.29. The minimum Gasteiger partial charge on any atom is -0.216 e. The average Bonchev–Trinajstić information content (AvgIpc) is 2.61. The molecular weight excluding hydrogens is 360 g/mol. The summed E-state index contributed by atoms with van der Waals surface area (Å²) in [5.74, 6) is -0.810. The van der Waals surface area contributed by atoms with Gasteiger partial charge < -0.3 is 0 Å². The van der Waals surface area contributed by atoms with Gasteiger partial charge in [-0.2, -0.15) is 26.3 Å². The Bertz CT molecular complexity index is 767. The van der Waals surface area contributed by atoms with Crippen LogP contribution >= 0.6 is 0 Å². The Hall–Kier alpha value is -2.84. The zero-order chi connectivity index (χ0) is 19.0. The predicted molar refractivity (Wildman–Crippen MR) is 81.0 cm³/mol. The molecule has 26 heavy (non-hydrogen) atoms. The summed E-state index contributed by atoms with van der Waals surface area (Å²) < 4.78 is 81.4. The molecule has 3 rings (SSSR count). The second kappa shape index (κ2) is 6.15. The maximum Gasteiger partial charge on any atom is 0.485 e. The quantitative estimate of drug-likeness (QED) is 0.658. The van der Waals surface area contributed by atoms with E-state index in [4.69, 9.17) is 0 Å². The first kappa shape index (κ1) is 18.0. The highest BCUT2D eigenvalue weighted by Crippen LogP contribution is 2.35. The predicted octanol–water partition coefficient (Wildman–Crippen LogP) is 0.465. The summed E-state index contributed by atoms with van der Waals surface area (Å²) in [5, 5.41) is 2.60. The molecule has 0 saturated carbocycles. The van der Waals surface area contributed by atoms with Crippen LogP contribution in [0.3, 0.4) is 0 Å². The van der Waals surface area contributed by atoms with Crippen LogP contribution in [0.15, 0.2) is 60.7 Å². The number of hydrogen-bond donors (Lipinski definition) is 3. The van der Waals surface area contributed by atoms with Crippen LogP contribution in [0, 0.1) is 0 Å². The summed E-state index contributed by atoms with van der Waals surface area (Å²) in [6.45, 7) is 0. The van der Waals surface area contributed by atoms with Gasteiger partial charge in [0.1, 0.15) is 0 Å². The summed E-state index contributed by atoms with van der Waals surface area (Å²) in [6.07, 6.45) is -11.3. The van der Waals surface area contributed by atoms with Gasteiger partial charge in [0, 0.05) is 0 Å². The lowest BCUT2D eigenvalue weighted by molar-refractivity contribution is -0.861. The Morgan fingerprint density at radius 1 is 0.615 bits per heavy atom. The molecule has 0 amide bonds. The zero-order valence-electron chi connectivity index (χ0n) is 13.0. The monoisotopic (exact) mass is 373 g/mol. The maximum atomic E-state index is 13.6. The SMILES string of the molecule is FC(F)(F)C1(C(F)(F)F)[NH+]=C(c2ccccc2)NC(c2ccccc2)=[NH+]1. The fourth-order valence-corrected chi connectivity index (χ4v) is 2.54. The molecule has 1 heterocycles. The van der Waals surface area contributed by atoms with Crippen molar-refractivity contribution in [3.05, 3.63) is 71.8 Å². The van der Waals surface area contributed by atoms with Crippen molar-refractivity contribution in [1.29, 1.82) is 0 Å². The normalized spacial score (nSPS) is 17.2. The van der Waals surface area contributed by atoms with Gasteiger partial charge in [-0.3, -0.25) is 0 Å². The first-order chi connectivity index (χ1) is 12.1. The molecule has 1 aliphatic rings. The molecule has 0 radical (unpaired) electrons. The van der Waals surface area contributed by atoms with Crippen LogP contribution in [-0.4, -0.2) is 29.7 Å². The lowest BCUT2D eigenvalue weighted by Crippen LogP contribution is -3.20. The molecule has 0 bridgehead atoms. The van der Waals surface area contributed by atoms with Crippen molar-refractivity contribution in [2.24, 2.45) is 0 Å². The number of alkyl halides is 6. The molecule has 3 nitrogen and oxygen atoms in total. The number of halogens is 6. The van der Waals surface area contributed by atoms with Gasteiger partial charge in [-0.05, 0) is 24.3 Å². The molecule has 0 aliphatic carbocycles. The van der Waals surface area contributed by atoms with E-state index in [9.17, 15) is 26.3 Å². The standard InChI is InChI=1S/C17H11F6N3/c18-16(19,20)15(17(21,22)23)25-13(11-7-3-1-4-8-11)24-14(26-15)12-9-5-2-6-10-12/h1-10H,(H,24,25,26)/p+2. The van der Waals surface area contributed by atoms with E-state index in [0.29, 0.717) is 0 Å². The van der Waals surface area contributed by atoms with Crippen LogP contribution in [-0.2, 0) is 0 Å². The van der Waals surface area contributed by atoms with Crippen LogP contribution in [0.25, 0.3) is 0 Å². The Balaban J connectivity index is 2.25. The van der Waals surface area contributed by atoms with Gasteiger partial charge in [-0.1, -0.05) is 36.4 Å². The molecule has 0 spiro atoms. The third kappa shape index (κ3) is 3.04. The molecule has 2 aromatic carbocycles. The van der Waals surface area contributed by atoms with E-state index >= 15 is 0 Å². The van der Waals surface area contributed by atoms with Crippen molar-refractivity contribution in [3.63, 3.8) is 0 Å². The Labute approximate surface area is 144 Å². The highest BCUT2D eigenvalue weighted by atomic mass is 19.4. The highest BCUT2D eigenvalue weighted by Gasteiger charge is 2.78. The van der Waals surface area contributed by atoms with Crippen molar-refractivity contribution in [3.8, 4) is 0 Å². The van der Waals surface area contributed by atoms with E-state index in [1.807, 2.05) is 0 Å². The average molecular weight is 373 g/mol. The number of benzene rings is 2. The molecule has 0 saturated heterocycles. The topological polar surface area (TPSA) is 40.0 Å². The second-order valence-corrected chi connectivity index (χ2v) is 5.60. The minimum atomic E-state index is -5.66. The first-order valence-electron chi connectivity index (χ1n) is 7.46. The van der Waals surface area contributed by atoms with E-state index in [2.05, 4.69) is 5.32 Å². The van der Waals surface area contributed by atoms with Crippen molar-refractivity contribution in [2.45, 2.75) is 18.0 Å².